The molecular formula is C12H13F2NO2S. The lowest BCUT2D eigenvalue weighted by molar-refractivity contribution is 0.537. The van der Waals surface area contributed by atoms with Crippen molar-refractivity contribution >= 4 is 10.0 Å². The second-order valence-electron chi connectivity index (χ2n) is 3.70. The molecule has 0 aliphatic carbocycles. The van der Waals surface area contributed by atoms with E-state index >= 15 is 0 Å². The highest BCUT2D eigenvalue weighted by Crippen LogP contribution is 2.16. The largest absolute Gasteiger partial charge is 0.244 e. The van der Waals surface area contributed by atoms with Crippen LogP contribution in [0.25, 0.3) is 0 Å². The van der Waals surface area contributed by atoms with Crippen LogP contribution in [0.4, 0.5) is 8.78 Å². The van der Waals surface area contributed by atoms with Gasteiger partial charge >= 0.3 is 0 Å². The molecule has 0 aromatic heterocycles. The molecule has 18 heavy (non-hydrogen) atoms. The van der Waals surface area contributed by atoms with E-state index in [0.29, 0.717) is 18.9 Å². The minimum absolute atomic E-state index is 0.423. The maximum Gasteiger partial charge on any atom is 0.244 e. The monoisotopic (exact) mass is 273 g/mol. The lowest BCUT2D eigenvalue weighted by Gasteiger charge is -2.13. The second-order valence-corrected chi connectivity index (χ2v) is 5.39. The van der Waals surface area contributed by atoms with Crippen LogP contribution in [0.15, 0.2) is 23.1 Å². The number of rotatable bonds is 5. The number of nitrogens with one attached hydrogen (secondary N) is 1. The van der Waals surface area contributed by atoms with Gasteiger partial charge in [-0.3, -0.25) is 0 Å². The van der Waals surface area contributed by atoms with E-state index in [-0.39, 0.29) is 0 Å². The van der Waals surface area contributed by atoms with Crippen LogP contribution in [0.2, 0.25) is 0 Å². The third-order valence-corrected chi connectivity index (χ3v) is 3.75. The molecule has 0 amide bonds. The van der Waals surface area contributed by atoms with Crippen molar-refractivity contribution < 1.29 is 17.2 Å². The number of terminal acetylenes is 1. The summed E-state index contributed by atoms with van der Waals surface area (Å²) < 4.78 is 52.1. The number of hydrogen-bond acceptors (Lipinski definition) is 2. The van der Waals surface area contributed by atoms with Crippen molar-refractivity contribution in [1.82, 2.24) is 4.72 Å². The summed E-state index contributed by atoms with van der Waals surface area (Å²) in [6.45, 7) is 1.83. The predicted molar refractivity (Wildman–Crippen MR) is 64.2 cm³/mol. The average molecular weight is 273 g/mol. The normalized spacial score (nSPS) is 13.0. The summed E-state index contributed by atoms with van der Waals surface area (Å²) in [6, 6.07) is 1.49. The smallest absolute Gasteiger partial charge is 0.207 e. The first-order valence-corrected chi connectivity index (χ1v) is 6.82. The molecule has 1 unspecified atom stereocenters. The Balaban J connectivity index is 3.07. The molecule has 3 nitrogen and oxygen atoms in total. The van der Waals surface area contributed by atoms with E-state index in [2.05, 4.69) is 10.6 Å². The fourth-order valence-corrected chi connectivity index (χ4v) is 2.68. The Kier molecular flexibility index (Phi) is 4.82. The highest BCUT2D eigenvalue weighted by molar-refractivity contribution is 7.89. The molecule has 0 spiro atoms. The molecule has 0 radical (unpaired) electrons. The Morgan fingerprint density at radius 2 is 2.11 bits per heavy atom. The molecule has 1 rings (SSSR count). The molecule has 1 aromatic carbocycles. The van der Waals surface area contributed by atoms with Crippen LogP contribution in [0.5, 0.6) is 0 Å². The van der Waals surface area contributed by atoms with Crippen molar-refractivity contribution in [3.05, 3.63) is 29.8 Å². The van der Waals surface area contributed by atoms with Gasteiger partial charge in [0.15, 0.2) is 0 Å². The van der Waals surface area contributed by atoms with Crippen molar-refractivity contribution in [1.29, 1.82) is 0 Å². The third-order valence-electron chi connectivity index (χ3n) is 2.26. The van der Waals surface area contributed by atoms with Crippen molar-refractivity contribution in [3.8, 4) is 12.3 Å². The quantitative estimate of drug-likeness (QED) is 0.835. The zero-order valence-corrected chi connectivity index (χ0v) is 10.6. The molecule has 0 saturated heterocycles. The Bertz CT molecular complexity index is 564. The lowest BCUT2D eigenvalue weighted by Crippen LogP contribution is -2.34. The van der Waals surface area contributed by atoms with Gasteiger partial charge in [-0.1, -0.05) is 19.3 Å². The number of benzene rings is 1. The Morgan fingerprint density at radius 1 is 1.44 bits per heavy atom. The van der Waals surface area contributed by atoms with Crippen molar-refractivity contribution in [2.45, 2.75) is 30.7 Å². The van der Waals surface area contributed by atoms with Crippen LogP contribution in [-0.4, -0.2) is 14.5 Å². The van der Waals surface area contributed by atoms with Crippen LogP contribution < -0.4 is 4.72 Å². The molecule has 1 N–H and O–H groups in total. The molecular weight excluding hydrogens is 260 g/mol. The standard InChI is InChI=1S/C12H13F2NO2S/c1-3-5-10(4-2)15-18(16,17)12-8-9(13)6-7-11(12)14/h2,6-8,10,15H,3,5H2,1H3. The Hall–Kier alpha value is -1.45. The molecule has 0 bridgehead atoms. The summed E-state index contributed by atoms with van der Waals surface area (Å²) in [7, 11) is -4.15. The van der Waals surface area contributed by atoms with Gasteiger partial charge in [-0.25, -0.2) is 17.2 Å². The lowest BCUT2D eigenvalue weighted by atomic mass is 10.2. The fraction of sp³-hybridized carbons (Fsp3) is 0.333. The van der Waals surface area contributed by atoms with Crippen LogP contribution >= 0.6 is 0 Å². The maximum absolute atomic E-state index is 13.4. The molecule has 0 aliphatic heterocycles. The summed E-state index contributed by atoms with van der Waals surface area (Å²) in [5.41, 5.74) is 0. The maximum atomic E-state index is 13.4. The van der Waals surface area contributed by atoms with E-state index in [1.54, 1.807) is 0 Å². The zero-order valence-electron chi connectivity index (χ0n) is 9.78. The SMILES string of the molecule is C#CC(CCC)NS(=O)(=O)c1cc(F)ccc1F. The van der Waals surface area contributed by atoms with Gasteiger partial charge in [-0.05, 0) is 24.6 Å². The summed E-state index contributed by atoms with van der Waals surface area (Å²) in [6.07, 6.45) is 6.26. The highest BCUT2D eigenvalue weighted by atomic mass is 32.2. The third kappa shape index (κ3) is 3.52. The summed E-state index contributed by atoms with van der Waals surface area (Å²) in [5.74, 6) is 0.410. The average Bonchev–Trinajstić information content (AvgIpc) is 2.31. The molecule has 0 saturated carbocycles. The van der Waals surface area contributed by atoms with Crippen LogP contribution in [0.1, 0.15) is 19.8 Å². The van der Waals surface area contributed by atoms with Crippen molar-refractivity contribution in [3.63, 3.8) is 0 Å². The van der Waals surface area contributed by atoms with E-state index in [1.807, 2.05) is 6.92 Å². The molecule has 0 heterocycles. The van der Waals surface area contributed by atoms with Gasteiger partial charge in [-0.2, -0.15) is 4.72 Å². The summed E-state index contributed by atoms with van der Waals surface area (Å²) in [4.78, 5) is -0.737. The first-order chi connectivity index (χ1) is 8.40. The van der Waals surface area contributed by atoms with Gasteiger partial charge < -0.3 is 0 Å². The number of hydrogen-bond donors (Lipinski definition) is 1. The minimum atomic E-state index is -4.15. The Labute approximate surface area is 105 Å². The van der Waals surface area contributed by atoms with Crippen LogP contribution in [-0.2, 0) is 10.0 Å². The van der Waals surface area contributed by atoms with Gasteiger partial charge in [0.2, 0.25) is 10.0 Å². The molecule has 0 fully saturated rings. The van der Waals surface area contributed by atoms with Crippen molar-refractivity contribution in [2.75, 3.05) is 0 Å². The fourth-order valence-electron chi connectivity index (χ4n) is 1.40. The van der Waals surface area contributed by atoms with Gasteiger partial charge in [-0.15, -0.1) is 6.42 Å². The summed E-state index contributed by atoms with van der Waals surface area (Å²) >= 11 is 0. The van der Waals surface area contributed by atoms with Gasteiger partial charge in [0.1, 0.15) is 16.5 Å². The summed E-state index contributed by atoms with van der Waals surface area (Å²) in [5, 5.41) is 0. The first kappa shape index (κ1) is 14.6. The number of halogens is 2. The van der Waals surface area contributed by atoms with Crippen LogP contribution in [0.3, 0.4) is 0 Å². The van der Waals surface area contributed by atoms with E-state index in [1.165, 1.54) is 0 Å². The van der Waals surface area contributed by atoms with Crippen molar-refractivity contribution in [2.24, 2.45) is 0 Å². The van der Waals surface area contributed by atoms with Gasteiger partial charge in [0, 0.05) is 0 Å². The molecule has 98 valence electrons. The van der Waals surface area contributed by atoms with E-state index in [0.717, 1.165) is 12.1 Å². The molecule has 6 heteroatoms. The van der Waals surface area contributed by atoms with E-state index in [4.69, 9.17) is 6.42 Å². The predicted octanol–water partition coefficient (Wildman–Crippen LogP) is 2.04. The minimum Gasteiger partial charge on any atom is -0.207 e. The first-order valence-electron chi connectivity index (χ1n) is 5.34. The Morgan fingerprint density at radius 3 is 2.67 bits per heavy atom. The topological polar surface area (TPSA) is 46.2 Å². The van der Waals surface area contributed by atoms with E-state index in [9.17, 15) is 17.2 Å². The van der Waals surface area contributed by atoms with E-state index < -0.39 is 32.6 Å². The number of sulfonamides is 1. The molecule has 1 atom stereocenters. The second kappa shape index (κ2) is 5.94. The van der Waals surface area contributed by atoms with Gasteiger partial charge in [0.25, 0.3) is 0 Å². The van der Waals surface area contributed by atoms with Gasteiger partial charge in [0.05, 0.1) is 6.04 Å². The molecule has 0 aliphatic rings. The van der Waals surface area contributed by atoms with Crippen LogP contribution in [0, 0.1) is 24.0 Å². The molecule has 1 aromatic rings. The highest BCUT2D eigenvalue weighted by Gasteiger charge is 2.22. The zero-order chi connectivity index (χ0) is 13.8.